The van der Waals surface area contributed by atoms with E-state index in [1.807, 2.05) is 6.07 Å². The SMILES string of the molecule is CSc1ccc(CSc2nnc(Cc3ccccc3)n2-c2cccc(C)c2)cc1. The van der Waals surface area contributed by atoms with Gasteiger partial charge in [-0.3, -0.25) is 4.57 Å². The van der Waals surface area contributed by atoms with Crippen LogP contribution in [0, 0.1) is 6.92 Å². The lowest BCUT2D eigenvalue weighted by Gasteiger charge is -2.11. The first-order valence-corrected chi connectivity index (χ1v) is 11.7. The molecule has 4 rings (SSSR count). The van der Waals surface area contributed by atoms with Gasteiger partial charge in [0, 0.05) is 22.8 Å². The quantitative estimate of drug-likeness (QED) is 0.336. The number of thioether (sulfide) groups is 2. The number of aryl methyl sites for hydroxylation is 1. The van der Waals surface area contributed by atoms with Crippen LogP contribution >= 0.6 is 23.5 Å². The zero-order valence-corrected chi connectivity index (χ0v) is 18.2. The molecule has 0 aliphatic rings. The maximum atomic E-state index is 4.55. The summed E-state index contributed by atoms with van der Waals surface area (Å²) in [5, 5.41) is 10.0. The smallest absolute Gasteiger partial charge is 0.196 e. The average Bonchev–Trinajstić information content (AvgIpc) is 3.15. The summed E-state index contributed by atoms with van der Waals surface area (Å²) in [5.41, 5.74) is 4.86. The maximum Gasteiger partial charge on any atom is 0.196 e. The molecule has 1 aromatic heterocycles. The molecule has 0 fully saturated rings. The van der Waals surface area contributed by atoms with Gasteiger partial charge in [-0.05, 0) is 54.1 Å². The van der Waals surface area contributed by atoms with Gasteiger partial charge in [0.15, 0.2) is 5.16 Å². The summed E-state index contributed by atoms with van der Waals surface area (Å²) < 4.78 is 2.20. The third kappa shape index (κ3) is 4.92. The second kappa shape index (κ2) is 9.33. The summed E-state index contributed by atoms with van der Waals surface area (Å²) in [4.78, 5) is 1.28. The van der Waals surface area contributed by atoms with Gasteiger partial charge in [0.1, 0.15) is 5.82 Å². The predicted octanol–water partition coefficient (Wildman–Crippen LogP) is 6.18. The van der Waals surface area contributed by atoms with E-state index < -0.39 is 0 Å². The zero-order valence-electron chi connectivity index (χ0n) is 16.6. The number of benzene rings is 3. The van der Waals surface area contributed by atoms with Gasteiger partial charge in [0.05, 0.1) is 0 Å². The maximum absolute atomic E-state index is 4.55. The summed E-state index contributed by atoms with van der Waals surface area (Å²) in [6.45, 7) is 2.12. The van der Waals surface area contributed by atoms with Crippen molar-refractivity contribution in [3.63, 3.8) is 0 Å². The van der Waals surface area contributed by atoms with Crippen LogP contribution in [0.3, 0.4) is 0 Å². The first-order chi connectivity index (χ1) is 14.2. The van der Waals surface area contributed by atoms with Crippen LogP contribution in [0.15, 0.2) is 88.9 Å². The fourth-order valence-electron chi connectivity index (χ4n) is 3.18. The molecule has 1 heterocycles. The van der Waals surface area contributed by atoms with Crippen LogP contribution in [0.1, 0.15) is 22.5 Å². The van der Waals surface area contributed by atoms with Gasteiger partial charge < -0.3 is 0 Å². The minimum Gasteiger partial charge on any atom is -0.274 e. The van der Waals surface area contributed by atoms with Crippen LogP contribution in [0.4, 0.5) is 0 Å². The molecule has 0 spiro atoms. The van der Waals surface area contributed by atoms with Crippen molar-refractivity contribution in [1.29, 1.82) is 0 Å². The van der Waals surface area contributed by atoms with E-state index in [4.69, 9.17) is 0 Å². The molecule has 0 saturated heterocycles. The van der Waals surface area contributed by atoms with Crippen molar-refractivity contribution in [3.8, 4) is 5.69 Å². The van der Waals surface area contributed by atoms with Crippen molar-refractivity contribution in [2.45, 2.75) is 29.1 Å². The minimum absolute atomic E-state index is 0.755. The molecular weight excluding hydrogens is 394 g/mol. The molecule has 29 heavy (non-hydrogen) atoms. The third-order valence-corrected chi connectivity index (χ3v) is 6.44. The molecule has 0 aliphatic heterocycles. The van der Waals surface area contributed by atoms with E-state index in [9.17, 15) is 0 Å². The molecule has 0 amide bonds. The number of hydrogen-bond donors (Lipinski definition) is 0. The van der Waals surface area contributed by atoms with Gasteiger partial charge in [-0.25, -0.2) is 0 Å². The van der Waals surface area contributed by atoms with Crippen LogP contribution in [-0.4, -0.2) is 21.0 Å². The lowest BCUT2D eigenvalue weighted by Crippen LogP contribution is -2.04. The van der Waals surface area contributed by atoms with E-state index in [0.29, 0.717) is 0 Å². The first-order valence-electron chi connectivity index (χ1n) is 9.54. The van der Waals surface area contributed by atoms with Crippen molar-refractivity contribution in [2.24, 2.45) is 0 Å². The Morgan fingerprint density at radius 3 is 2.34 bits per heavy atom. The largest absolute Gasteiger partial charge is 0.274 e. The fourth-order valence-corrected chi connectivity index (χ4v) is 4.52. The molecule has 146 valence electrons. The third-order valence-electron chi connectivity index (χ3n) is 4.69. The van der Waals surface area contributed by atoms with Crippen LogP contribution in [0.25, 0.3) is 5.69 Å². The molecule has 0 bridgehead atoms. The Kier molecular flexibility index (Phi) is 6.37. The van der Waals surface area contributed by atoms with Crippen LogP contribution in [-0.2, 0) is 12.2 Å². The van der Waals surface area contributed by atoms with E-state index >= 15 is 0 Å². The summed E-state index contributed by atoms with van der Waals surface area (Å²) >= 11 is 3.49. The molecule has 3 aromatic carbocycles. The van der Waals surface area contributed by atoms with Gasteiger partial charge in [-0.1, -0.05) is 66.4 Å². The van der Waals surface area contributed by atoms with E-state index in [1.165, 1.54) is 21.6 Å². The van der Waals surface area contributed by atoms with Crippen molar-refractivity contribution in [2.75, 3.05) is 6.26 Å². The minimum atomic E-state index is 0.755. The van der Waals surface area contributed by atoms with Crippen molar-refractivity contribution < 1.29 is 0 Å². The van der Waals surface area contributed by atoms with Crippen molar-refractivity contribution in [1.82, 2.24) is 14.8 Å². The molecule has 0 atom stereocenters. The molecule has 0 saturated carbocycles. The highest BCUT2D eigenvalue weighted by molar-refractivity contribution is 7.98. The Morgan fingerprint density at radius 2 is 1.62 bits per heavy atom. The van der Waals surface area contributed by atoms with Crippen LogP contribution in [0.2, 0.25) is 0 Å². The second-order valence-corrected chi connectivity index (χ2v) is 8.69. The molecule has 0 radical (unpaired) electrons. The summed E-state index contributed by atoms with van der Waals surface area (Å²) in [5.74, 6) is 1.83. The molecule has 5 heteroatoms. The van der Waals surface area contributed by atoms with E-state index in [-0.39, 0.29) is 0 Å². The molecule has 4 aromatic rings. The van der Waals surface area contributed by atoms with Crippen molar-refractivity contribution >= 4 is 23.5 Å². The standard InChI is InChI=1S/C24H23N3S2/c1-18-7-6-10-21(15-18)27-23(16-19-8-4-3-5-9-19)25-26-24(27)29-17-20-11-13-22(28-2)14-12-20/h3-15H,16-17H2,1-2H3. The van der Waals surface area contributed by atoms with Crippen LogP contribution < -0.4 is 0 Å². The summed E-state index contributed by atoms with van der Waals surface area (Å²) in [7, 11) is 0. The Labute approximate surface area is 180 Å². The Hall–Kier alpha value is -2.50. The highest BCUT2D eigenvalue weighted by Crippen LogP contribution is 2.27. The second-order valence-electron chi connectivity index (χ2n) is 6.87. The average molecular weight is 418 g/mol. The summed E-state index contributed by atoms with van der Waals surface area (Å²) in [6, 6.07) is 27.7. The number of hydrogen-bond acceptors (Lipinski definition) is 4. The van der Waals surface area contributed by atoms with Gasteiger partial charge in [-0.15, -0.1) is 22.0 Å². The fraction of sp³-hybridized carbons (Fsp3) is 0.167. The molecule has 0 N–H and O–H groups in total. The zero-order chi connectivity index (χ0) is 20.1. The summed E-state index contributed by atoms with van der Waals surface area (Å²) in [6.07, 6.45) is 2.85. The van der Waals surface area contributed by atoms with Gasteiger partial charge in [0.2, 0.25) is 0 Å². The number of aromatic nitrogens is 3. The first kappa shape index (κ1) is 19.8. The lowest BCUT2D eigenvalue weighted by molar-refractivity contribution is 0.846. The van der Waals surface area contributed by atoms with Gasteiger partial charge in [-0.2, -0.15) is 0 Å². The molecular formula is C24H23N3S2. The monoisotopic (exact) mass is 417 g/mol. The Morgan fingerprint density at radius 1 is 0.828 bits per heavy atom. The Balaban J connectivity index is 1.63. The van der Waals surface area contributed by atoms with E-state index in [0.717, 1.165) is 28.8 Å². The molecule has 0 aliphatic carbocycles. The topological polar surface area (TPSA) is 30.7 Å². The number of rotatable bonds is 7. The lowest BCUT2D eigenvalue weighted by atomic mass is 10.1. The molecule has 3 nitrogen and oxygen atoms in total. The normalized spacial score (nSPS) is 11.0. The number of nitrogens with zero attached hydrogens (tertiary/aromatic N) is 3. The highest BCUT2D eigenvalue weighted by atomic mass is 32.2. The van der Waals surface area contributed by atoms with Crippen LogP contribution in [0.5, 0.6) is 0 Å². The van der Waals surface area contributed by atoms with Gasteiger partial charge in [0.25, 0.3) is 0 Å². The van der Waals surface area contributed by atoms with E-state index in [1.54, 1.807) is 23.5 Å². The van der Waals surface area contributed by atoms with Gasteiger partial charge >= 0.3 is 0 Å². The highest BCUT2D eigenvalue weighted by Gasteiger charge is 2.15. The van der Waals surface area contributed by atoms with Crippen molar-refractivity contribution in [3.05, 3.63) is 101 Å². The Bertz CT molecular complexity index is 1070. The molecule has 0 unspecified atom stereocenters. The predicted molar refractivity (Wildman–Crippen MR) is 123 cm³/mol. The van der Waals surface area contributed by atoms with E-state index in [2.05, 4.69) is 101 Å².